The van der Waals surface area contributed by atoms with Crippen molar-refractivity contribution in [3.8, 4) is 0 Å². The van der Waals surface area contributed by atoms with Gasteiger partial charge in [-0.25, -0.2) is 9.59 Å². The van der Waals surface area contributed by atoms with Crippen molar-refractivity contribution in [2.24, 2.45) is 0 Å². The number of hydrogen-bond donors (Lipinski definition) is 0. The molecule has 0 N–H and O–H groups in total. The van der Waals surface area contributed by atoms with Gasteiger partial charge in [0.2, 0.25) is 0 Å². The maximum Gasteiger partial charge on any atom is 0.337 e. The summed E-state index contributed by atoms with van der Waals surface area (Å²) in [5.74, 6) is -0.439. The minimum absolute atomic E-state index is 0.0457. The summed E-state index contributed by atoms with van der Waals surface area (Å²) in [6.07, 6.45) is 0. The Labute approximate surface area is 181 Å². The number of hydrogen-bond acceptors (Lipinski definition) is 5. The van der Waals surface area contributed by atoms with Crippen LogP contribution in [0.15, 0.2) is 58.1 Å². The van der Waals surface area contributed by atoms with Crippen LogP contribution in [0.3, 0.4) is 0 Å². The molecule has 2 aromatic carbocycles. The van der Waals surface area contributed by atoms with Gasteiger partial charge in [-0.2, -0.15) is 0 Å². The van der Waals surface area contributed by atoms with Crippen LogP contribution in [0.25, 0.3) is 10.9 Å². The van der Waals surface area contributed by atoms with Crippen LogP contribution < -0.4 is 11.2 Å². The Bertz CT molecular complexity index is 1210. The number of benzene rings is 2. The van der Waals surface area contributed by atoms with Crippen molar-refractivity contribution in [2.45, 2.75) is 45.6 Å². The molecule has 0 saturated carbocycles. The zero-order valence-corrected chi connectivity index (χ0v) is 19.5. The zero-order chi connectivity index (χ0) is 22.8. The summed E-state index contributed by atoms with van der Waals surface area (Å²) < 4.78 is 13.5. The van der Waals surface area contributed by atoms with Crippen LogP contribution in [0.1, 0.15) is 22.8 Å². The van der Waals surface area contributed by atoms with Gasteiger partial charge in [0.25, 0.3) is 5.56 Å². The van der Waals surface area contributed by atoms with Gasteiger partial charge in [-0.15, -0.1) is 0 Å². The van der Waals surface area contributed by atoms with E-state index in [1.54, 1.807) is 48.5 Å². The maximum absolute atomic E-state index is 13.3. The highest BCUT2D eigenvalue weighted by molar-refractivity contribution is 6.77. The smallest absolute Gasteiger partial charge is 0.337 e. The average Bonchev–Trinajstić information content (AvgIpc) is 2.75. The minimum Gasteiger partial charge on any atom is -0.465 e. The summed E-state index contributed by atoms with van der Waals surface area (Å²) >= 11 is 0. The predicted molar refractivity (Wildman–Crippen MR) is 123 cm³/mol. The van der Waals surface area contributed by atoms with Gasteiger partial charge in [0.15, 0.2) is 0 Å². The van der Waals surface area contributed by atoms with E-state index in [9.17, 15) is 14.4 Å². The second-order valence-electron chi connectivity index (χ2n) is 8.61. The zero-order valence-electron chi connectivity index (χ0n) is 18.5. The molecule has 0 aliphatic rings. The summed E-state index contributed by atoms with van der Waals surface area (Å²) in [6, 6.07) is 13.7. The molecule has 0 aliphatic heterocycles. The molecular weight excluding hydrogens is 412 g/mol. The highest BCUT2D eigenvalue weighted by Gasteiger charge is 2.24. The molecule has 0 aliphatic carbocycles. The van der Waals surface area contributed by atoms with E-state index in [1.807, 2.05) is 6.92 Å². The fourth-order valence-electron chi connectivity index (χ4n) is 3.12. The predicted octanol–water partition coefficient (Wildman–Crippen LogP) is 3.24. The number of nitrogens with zero attached hydrogens (tertiary/aromatic N) is 2. The molecule has 0 amide bonds. The maximum atomic E-state index is 13.3. The number of aromatic nitrogens is 2. The van der Waals surface area contributed by atoms with Crippen molar-refractivity contribution in [1.29, 1.82) is 0 Å². The van der Waals surface area contributed by atoms with E-state index >= 15 is 0 Å². The summed E-state index contributed by atoms with van der Waals surface area (Å²) in [6.45, 7) is 8.81. The second-order valence-corrected chi connectivity index (χ2v) is 14.2. The molecule has 31 heavy (non-hydrogen) atoms. The van der Waals surface area contributed by atoms with E-state index in [2.05, 4.69) is 19.6 Å². The van der Waals surface area contributed by atoms with Gasteiger partial charge < -0.3 is 9.47 Å². The molecule has 3 rings (SSSR count). The highest BCUT2D eigenvalue weighted by atomic mass is 28.3. The lowest BCUT2D eigenvalue weighted by Gasteiger charge is -2.26. The van der Waals surface area contributed by atoms with Crippen molar-refractivity contribution >= 4 is 24.9 Å². The topological polar surface area (TPSA) is 79.5 Å². The number of para-hydroxylation sites is 1. The lowest BCUT2D eigenvalue weighted by Crippen LogP contribution is -2.43. The first-order valence-electron chi connectivity index (χ1n) is 10.1. The molecule has 0 fully saturated rings. The number of methoxy groups -OCH3 is 1. The van der Waals surface area contributed by atoms with Crippen molar-refractivity contribution in [3.63, 3.8) is 0 Å². The average molecular weight is 441 g/mol. The van der Waals surface area contributed by atoms with E-state index in [-0.39, 0.29) is 24.6 Å². The van der Waals surface area contributed by atoms with Gasteiger partial charge in [-0.1, -0.05) is 43.9 Å². The van der Waals surface area contributed by atoms with E-state index in [0.717, 1.165) is 5.56 Å². The lowest BCUT2D eigenvalue weighted by molar-refractivity contribution is 0.0556. The molecule has 1 heterocycles. The fraction of sp³-hybridized carbons (Fsp3) is 0.348. The third-order valence-electron chi connectivity index (χ3n) is 5.52. The molecule has 0 saturated heterocycles. The van der Waals surface area contributed by atoms with E-state index < -0.39 is 19.7 Å². The van der Waals surface area contributed by atoms with Gasteiger partial charge >= 0.3 is 11.7 Å². The Morgan fingerprint density at radius 1 is 1.00 bits per heavy atom. The van der Waals surface area contributed by atoms with Crippen LogP contribution in [-0.4, -0.2) is 36.0 Å². The SMILES string of the molecule is COC(=O)c1ccc(Cn2c(=O)c3ccccc3n(COC(C)[Si](C)(C)C)c2=O)cc1. The van der Waals surface area contributed by atoms with Crippen LogP contribution >= 0.6 is 0 Å². The molecule has 0 spiro atoms. The number of fused-ring (bicyclic) bond motifs is 1. The van der Waals surface area contributed by atoms with Gasteiger partial charge in [0.1, 0.15) is 6.73 Å². The highest BCUT2D eigenvalue weighted by Crippen LogP contribution is 2.14. The summed E-state index contributed by atoms with van der Waals surface area (Å²) in [5.41, 5.74) is 0.950. The van der Waals surface area contributed by atoms with E-state index in [0.29, 0.717) is 16.5 Å². The number of rotatable bonds is 7. The standard InChI is InChI=1S/C23H28N2O5Si/c1-16(31(3,4)5)30-15-25-20-9-7-6-8-19(20)21(26)24(23(25)28)14-17-10-12-18(13-11-17)22(27)29-2/h6-13,16H,14-15H2,1-5H3. The Morgan fingerprint density at radius 2 is 1.65 bits per heavy atom. The van der Waals surface area contributed by atoms with Crippen LogP contribution in [0.2, 0.25) is 19.6 Å². The number of ether oxygens (including phenoxy) is 2. The van der Waals surface area contributed by atoms with Crippen LogP contribution in [-0.2, 0) is 22.7 Å². The molecular formula is C23H28N2O5Si. The summed E-state index contributed by atoms with van der Waals surface area (Å²) in [4.78, 5) is 38.0. The number of esters is 1. The molecule has 0 radical (unpaired) electrons. The van der Waals surface area contributed by atoms with E-state index in [1.165, 1.54) is 16.2 Å². The lowest BCUT2D eigenvalue weighted by atomic mass is 10.1. The molecule has 1 unspecified atom stereocenters. The Morgan fingerprint density at radius 3 is 2.26 bits per heavy atom. The van der Waals surface area contributed by atoms with Crippen molar-refractivity contribution in [1.82, 2.24) is 9.13 Å². The molecule has 7 nitrogen and oxygen atoms in total. The number of carbonyl (C=O) groups excluding carboxylic acids is 1. The second kappa shape index (κ2) is 9.03. The Balaban J connectivity index is 2.03. The number of carbonyl (C=O) groups is 1. The largest absolute Gasteiger partial charge is 0.465 e. The van der Waals surface area contributed by atoms with E-state index in [4.69, 9.17) is 9.47 Å². The molecule has 0 bridgehead atoms. The summed E-state index contributed by atoms with van der Waals surface area (Å²) in [7, 11) is -0.229. The first kappa shape index (κ1) is 22.7. The minimum atomic E-state index is -1.55. The first-order chi connectivity index (χ1) is 14.6. The molecule has 1 aromatic heterocycles. The molecule has 8 heteroatoms. The van der Waals surface area contributed by atoms with Crippen molar-refractivity contribution in [2.75, 3.05) is 7.11 Å². The molecule has 3 aromatic rings. The Kier molecular flexibility index (Phi) is 6.61. The summed E-state index contributed by atoms with van der Waals surface area (Å²) in [5, 5.41) is 0.456. The van der Waals surface area contributed by atoms with Gasteiger partial charge in [-0.3, -0.25) is 13.9 Å². The van der Waals surface area contributed by atoms with Gasteiger partial charge in [0, 0.05) is 5.73 Å². The van der Waals surface area contributed by atoms with Crippen molar-refractivity contribution in [3.05, 3.63) is 80.5 Å². The molecule has 1 atom stereocenters. The van der Waals surface area contributed by atoms with Crippen molar-refractivity contribution < 1.29 is 14.3 Å². The van der Waals surface area contributed by atoms with Gasteiger partial charge in [-0.05, 0) is 36.8 Å². The Hall–Kier alpha value is -2.97. The normalized spacial score (nSPS) is 12.7. The fourth-order valence-corrected chi connectivity index (χ4v) is 3.69. The van der Waals surface area contributed by atoms with Crippen LogP contribution in [0.5, 0.6) is 0 Å². The van der Waals surface area contributed by atoms with Crippen LogP contribution in [0, 0.1) is 0 Å². The van der Waals surface area contributed by atoms with Crippen LogP contribution in [0.4, 0.5) is 0 Å². The third kappa shape index (κ3) is 4.86. The molecule has 164 valence electrons. The first-order valence-corrected chi connectivity index (χ1v) is 13.7. The third-order valence-corrected chi connectivity index (χ3v) is 8.13. The van der Waals surface area contributed by atoms with Gasteiger partial charge in [0.05, 0.1) is 38.2 Å². The monoisotopic (exact) mass is 440 g/mol. The quantitative estimate of drug-likeness (QED) is 0.416.